The van der Waals surface area contributed by atoms with Crippen LogP contribution in [0.2, 0.25) is 0 Å². The highest BCUT2D eigenvalue weighted by atomic mass is 32.2. The molecule has 0 radical (unpaired) electrons. The van der Waals surface area contributed by atoms with Gasteiger partial charge in [0, 0.05) is 18.8 Å². The van der Waals surface area contributed by atoms with E-state index in [2.05, 4.69) is 10.00 Å². The summed E-state index contributed by atoms with van der Waals surface area (Å²) in [5.74, 6) is 1.17. The van der Waals surface area contributed by atoms with Gasteiger partial charge >= 0.3 is 0 Å². The lowest BCUT2D eigenvalue weighted by atomic mass is 10.2. The summed E-state index contributed by atoms with van der Waals surface area (Å²) >= 11 is 0. The maximum absolute atomic E-state index is 11.4. The Morgan fingerprint density at radius 3 is 2.94 bits per heavy atom. The summed E-state index contributed by atoms with van der Waals surface area (Å²) in [7, 11) is -0.801. The van der Waals surface area contributed by atoms with E-state index in [9.17, 15) is 8.42 Å². The first-order valence-corrected chi connectivity index (χ1v) is 7.98. The van der Waals surface area contributed by atoms with E-state index < -0.39 is 9.84 Å². The monoisotopic (exact) mass is 272 g/mol. The van der Waals surface area contributed by atoms with Crippen LogP contribution in [0, 0.1) is 0 Å². The number of hydrogen-bond acceptors (Lipinski definition) is 5. The van der Waals surface area contributed by atoms with Crippen molar-refractivity contribution in [2.45, 2.75) is 25.4 Å². The molecule has 1 aliphatic rings. The molecule has 18 heavy (non-hydrogen) atoms. The van der Waals surface area contributed by atoms with Crippen LogP contribution in [-0.2, 0) is 16.4 Å². The molecule has 1 aliphatic heterocycles. The SMILES string of the molecule is CN(CCCn1ccc(N)n1)C1CCS(=O)(=O)C1. The van der Waals surface area contributed by atoms with Gasteiger partial charge in [-0.1, -0.05) is 0 Å². The molecule has 6 nitrogen and oxygen atoms in total. The Kier molecular flexibility index (Phi) is 3.91. The number of nitrogens with two attached hydrogens (primary N) is 1. The highest BCUT2D eigenvalue weighted by molar-refractivity contribution is 7.91. The van der Waals surface area contributed by atoms with Crippen molar-refractivity contribution in [3.8, 4) is 0 Å². The van der Waals surface area contributed by atoms with Crippen LogP contribution < -0.4 is 5.73 Å². The summed E-state index contributed by atoms with van der Waals surface area (Å²) < 4.78 is 24.6. The molecule has 0 spiro atoms. The van der Waals surface area contributed by atoms with E-state index in [0.717, 1.165) is 25.9 Å². The highest BCUT2D eigenvalue weighted by Crippen LogP contribution is 2.16. The van der Waals surface area contributed by atoms with Gasteiger partial charge in [0.1, 0.15) is 5.82 Å². The van der Waals surface area contributed by atoms with E-state index in [1.54, 1.807) is 6.07 Å². The molecular weight excluding hydrogens is 252 g/mol. The van der Waals surface area contributed by atoms with Crippen molar-refractivity contribution in [1.29, 1.82) is 0 Å². The number of sulfone groups is 1. The summed E-state index contributed by atoms with van der Waals surface area (Å²) in [6.45, 7) is 1.68. The number of hydrogen-bond donors (Lipinski definition) is 1. The number of aryl methyl sites for hydroxylation is 1. The van der Waals surface area contributed by atoms with Gasteiger partial charge in [-0.25, -0.2) is 8.42 Å². The van der Waals surface area contributed by atoms with Crippen molar-refractivity contribution < 1.29 is 8.42 Å². The molecule has 0 bridgehead atoms. The Balaban J connectivity index is 1.74. The Bertz CT molecular complexity index is 497. The average molecular weight is 272 g/mol. The first-order valence-electron chi connectivity index (χ1n) is 6.16. The van der Waals surface area contributed by atoms with Crippen LogP contribution >= 0.6 is 0 Å². The molecule has 1 saturated heterocycles. The third-order valence-corrected chi connectivity index (χ3v) is 5.14. The smallest absolute Gasteiger partial charge is 0.151 e. The summed E-state index contributed by atoms with van der Waals surface area (Å²) in [4.78, 5) is 2.14. The largest absolute Gasteiger partial charge is 0.382 e. The van der Waals surface area contributed by atoms with Crippen LogP contribution in [-0.4, -0.2) is 54.2 Å². The lowest BCUT2D eigenvalue weighted by Crippen LogP contribution is -2.33. The van der Waals surface area contributed by atoms with E-state index in [4.69, 9.17) is 5.73 Å². The van der Waals surface area contributed by atoms with E-state index in [-0.39, 0.29) is 6.04 Å². The van der Waals surface area contributed by atoms with Crippen LogP contribution in [0.5, 0.6) is 0 Å². The average Bonchev–Trinajstić information content (AvgIpc) is 2.85. The first kappa shape index (κ1) is 13.4. The predicted molar refractivity (Wildman–Crippen MR) is 70.9 cm³/mol. The van der Waals surface area contributed by atoms with Crippen molar-refractivity contribution in [2.24, 2.45) is 0 Å². The fourth-order valence-electron chi connectivity index (χ4n) is 2.29. The minimum absolute atomic E-state index is 0.178. The molecule has 2 rings (SSSR count). The minimum Gasteiger partial charge on any atom is -0.382 e. The van der Waals surface area contributed by atoms with Crippen molar-refractivity contribution in [3.05, 3.63) is 12.3 Å². The van der Waals surface area contributed by atoms with Gasteiger partial charge < -0.3 is 10.6 Å². The van der Waals surface area contributed by atoms with Crippen LogP contribution in [0.3, 0.4) is 0 Å². The van der Waals surface area contributed by atoms with Gasteiger partial charge in [0.15, 0.2) is 9.84 Å². The van der Waals surface area contributed by atoms with Gasteiger partial charge in [0.2, 0.25) is 0 Å². The highest BCUT2D eigenvalue weighted by Gasteiger charge is 2.30. The summed E-state index contributed by atoms with van der Waals surface area (Å²) in [5, 5.41) is 4.11. The Labute approximate surface area is 108 Å². The molecule has 7 heteroatoms. The zero-order chi connectivity index (χ0) is 13.2. The normalized spacial score (nSPS) is 22.7. The molecule has 0 amide bonds. The Hall–Kier alpha value is -1.08. The molecule has 1 aromatic heterocycles. The quantitative estimate of drug-likeness (QED) is 0.814. The topological polar surface area (TPSA) is 81.2 Å². The molecule has 102 valence electrons. The predicted octanol–water partition coefficient (Wildman–Crippen LogP) is -0.0257. The van der Waals surface area contributed by atoms with Crippen molar-refractivity contribution in [2.75, 3.05) is 30.8 Å². The van der Waals surface area contributed by atoms with E-state index in [0.29, 0.717) is 17.3 Å². The number of rotatable bonds is 5. The van der Waals surface area contributed by atoms with Crippen molar-refractivity contribution in [3.63, 3.8) is 0 Å². The summed E-state index contributed by atoms with van der Waals surface area (Å²) in [5.41, 5.74) is 5.53. The third-order valence-electron chi connectivity index (χ3n) is 3.39. The number of nitrogens with zero attached hydrogens (tertiary/aromatic N) is 3. The van der Waals surface area contributed by atoms with Crippen molar-refractivity contribution >= 4 is 15.7 Å². The maximum atomic E-state index is 11.4. The second-order valence-electron chi connectivity index (χ2n) is 4.89. The fourth-order valence-corrected chi connectivity index (χ4v) is 4.09. The summed E-state index contributed by atoms with van der Waals surface area (Å²) in [6.07, 6.45) is 3.55. The van der Waals surface area contributed by atoms with Gasteiger partial charge in [-0.3, -0.25) is 4.68 Å². The lowest BCUT2D eigenvalue weighted by Gasteiger charge is -2.22. The zero-order valence-corrected chi connectivity index (χ0v) is 11.4. The van der Waals surface area contributed by atoms with Crippen molar-refractivity contribution in [1.82, 2.24) is 14.7 Å². The molecule has 1 atom stereocenters. The zero-order valence-electron chi connectivity index (χ0n) is 10.6. The number of aromatic nitrogens is 2. The van der Waals surface area contributed by atoms with Gasteiger partial charge in [-0.05, 0) is 32.5 Å². The molecule has 2 N–H and O–H groups in total. The Morgan fingerprint density at radius 1 is 1.61 bits per heavy atom. The van der Waals surface area contributed by atoms with Crippen LogP contribution in [0.25, 0.3) is 0 Å². The molecule has 1 aromatic rings. The van der Waals surface area contributed by atoms with E-state index >= 15 is 0 Å². The molecule has 2 heterocycles. The van der Waals surface area contributed by atoms with Crippen LogP contribution in [0.15, 0.2) is 12.3 Å². The van der Waals surface area contributed by atoms with Gasteiger partial charge in [-0.15, -0.1) is 0 Å². The van der Waals surface area contributed by atoms with Crippen LogP contribution in [0.1, 0.15) is 12.8 Å². The molecular formula is C11H20N4O2S. The third kappa shape index (κ3) is 3.46. The Morgan fingerprint density at radius 2 is 2.39 bits per heavy atom. The number of nitrogen functional groups attached to an aromatic ring is 1. The summed E-state index contributed by atoms with van der Waals surface area (Å²) in [6, 6.07) is 1.95. The second kappa shape index (κ2) is 5.27. The van der Waals surface area contributed by atoms with Gasteiger partial charge in [0.25, 0.3) is 0 Å². The van der Waals surface area contributed by atoms with E-state index in [1.807, 2.05) is 17.9 Å². The fraction of sp³-hybridized carbons (Fsp3) is 0.727. The standard InChI is InChI=1S/C11H20N4O2S/c1-14(10-4-8-18(16,17)9-10)5-2-6-15-7-3-11(12)13-15/h3,7,10H,2,4-6,8-9H2,1H3,(H2,12,13). The van der Waals surface area contributed by atoms with E-state index in [1.165, 1.54) is 0 Å². The molecule has 1 unspecified atom stereocenters. The minimum atomic E-state index is -2.79. The second-order valence-corrected chi connectivity index (χ2v) is 7.12. The lowest BCUT2D eigenvalue weighted by molar-refractivity contribution is 0.253. The first-order chi connectivity index (χ1) is 8.46. The van der Waals surface area contributed by atoms with Gasteiger partial charge in [0.05, 0.1) is 11.5 Å². The molecule has 1 fully saturated rings. The molecule has 0 saturated carbocycles. The number of anilines is 1. The molecule has 0 aromatic carbocycles. The maximum Gasteiger partial charge on any atom is 0.151 e. The molecule has 0 aliphatic carbocycles. The van der Waals surface area contributed by atoms with Crippen LogP contribution in [0.4, 0.5) is 5.82 Å². The van der Waals surface area contributed by atoms with Gasteiger partial charge in [-0.2, -0.15) is 5.10 Å².